The fourth-order valence-corrected chi connectivity index (χ4v) is 4.88. The van der Waals surface area contributed by atoms with Gasteiger partial charge in [0.25, 0.3) is 0 Å². The summed E-state index contributed by atoms with van der Waals surface area (Å²) in [4.78, 5) is 3.88. The molecule has 2 aliphatic carbocycles. The van der Waals surface area contributed by atoms with E-state index in [-0.39, 0.29) is 10.3 Å². The summed E-state index contributed by atoms with van der Waals surface area (Å²) in [6.45, 7) is 0. The molecule has 0 saturated heterocycles. The summed E-state index contributed by atoms with van der Waals surface area (Å²) in [5.41, 5.74) is 3.02. The lowest BCUT2D eigenvalue weighted by atomic mass is 9.66. The Bertz CT molecular complexity index is 1030. The molecule has 7 heteroatoms. The topological polar surface area (TPSA) is 47.0 Å². The first-order valence-corrected chi connectivity index (χ1v) is 11.0. The van der Waals surface area contributed by atoms with Crippen LogP contribution in [0.4, 0.5) is 13.2 Å². The van der Waals surface area contributed by atoms with Crippen LogP contribution in [0.5, 0.6) is 0 Å². The Balaban J connectivity index is 1.74. The molecular formula is C21H20F3NO2S. The van der Waals surface area contributed by atoms with E-state index in [4.69, 9.17) is 0 Å². The Morgan fingerprint density at radius 3 is 1.93 bits per heavy atom. The number of sulfone groups is 1. The molecule has 3 nitrogen and oxygen atoms in total. The average molecular weight is 407 g/mol. The first kappa shape index (κ1) is 19.2. The third kappa shape index (κ3) is 3.48. The van der Waals surface area contributed by atoms with Crippen molar-refractivity contribution in [1.29, 1.82) is 0 Å². The predicted octanol–water partition coefficient (Wildman–Crippen LogP) is 5.38. The smallest absolute Gasteiger partial charge is 0.251 e. The molecule has 1 fully saturated rings. The highest BCUT2D eigenvalue weighted by Gasteiger charge is 2.44. The summed E-state index contributed by atoms with van der Waals surface area (Å²) in [5, 5.41) is 0. The molecule has 1 spiro atoms. The van der Waals surface area contributed by atoms with E-state index in [1.54, 1.807) is 24.3 Å². The molecule has 2 aliphatic rings. The molecule has 0 atom stereocenters. The second-order valence-corrected chi connectivity index (χ2v) is 9.91. The minimum Gasteiger partial charge on any atom is -0.251 e. The second kappa shape index (κ2) is 6.44. The highest BCUT2D eigenvalue weighted by molar-refractivity contribution is 7.90. The Morgan fingerprint density at radius 2 is 1.50 bits per heavy atom. The third-order valence-electron chi connectivity index (χ3n) is 5.92. The van der Waals surface area contributed by atoms with Gasteiger partial charge in [-0.3, -0.25) is 4.98 Å². The van der Waals surface area contributed by atoms with Crippen molar-refractivity contribution < 1.29 is 21.6 Å². The van der Waals surface area contributed by atoms with E-state index in [9.17, 15) is 21.6 Å². The molecule has 0 aliphatic heterocycles. The molecule has 1 aromatic heterocycles. The fraction of sp³-hybridized carbons (Fsp3) is 0.381. The summed E-state index contributed by atoms with van der Waals surface area (Å²) in [6.07, 6.45) is 3.08. The molecule has 4 rings (SSSR count). The molecule has 0 radical (unpaired) electrons. The number of hydrogen-bond acceptors (Lipinski definition) is 3. The van der Waals surface area contributed by atoms with E-state index in [0.717, 1.165) is 48.5 Å². The molecule has 0 amide bonds. The summed E-state index contributed by atoms with van der Waals surface area (Å²) in [5.74, 6) is 0. The highest BCUT2D eigenvalue weighted by atomic mass is 32.2. The number of benzene rings is 1. The Kier molecular flexibility index (Phi) is 4.41. The molecule has 0 bridgehead atoms. The van der Waals surface area contributed by atoms with Gasteiger partial charge in [0.2, 0.25) is 0 Å². The van der Waals surface area contributed by atoms with Crippen molar-refractivity contribution >= 4 is 21.0 Å². The summed E-state index contributed by atoms with van der Waals surface area (Å²) < 4.78 is 61.9. The van der Waals surface area contributed by atoms with Gasteiger partial charge in [0.1, 0.15) is 5.69 Å². The quantitative estimate of drug-likeness (QED) is 0.686. The zero-order valence-electron chi connectivity index (χ0n) is 15.4. The predicted molar refractivity (Wildman–Crippen MR) is 101 cm³/mol. The first-order valence-electron chi connectivity index (χ1n) is 9.14. The number of pyridine rings is 1. The van der Waals surface area contributed by atoms with Crippen molar-refractivity contribution in [1.82, 2.24) is 4.98 Å². The maximum Gasteiger partial charge on any atom is 0.433 e. The number of hydrogen-bond donors (Lipinski definition) is 0. The molecule has 1 heterocycles. The monoisotopic (exact) mass is 407 g/mol. The number of allylic oxidation sites excluding steroid dienone is 2. The number of alkyl halides is 3. The van der Waals surface area contributed by atoms with Gasteiger partial charge < -0.3 is 0 Å². The van der Waals surface area contributed by atoms with Crippen LogP contribution in [0.15, 0.2) is 47.5 Å². The molecule has 28 heavy (non-hydrogen) atoms. The number of nitrogens with zero attached hydrogens (tertiary/aromatic N) is 1. The first-order chi connectivity index (χ1) is 13.1. The Labute approximate surface area is 162 Å². The third-order valence-corrected chi connectivity index (χ3v) is 7.04. The lowest BCUT2D eigenvalue weighted by molar-refractivity contribution is -0.141. The van der Waals surface area contributed by atoms with Crippen molar-refractivity contribution in [3.8, 4) is 0 Å². The van der Waals surface area contributed by atoms with Crippen LogP contribution in [0.25, 0.3) is 11.1 Å². The Hall–Kier alpha value is -2.15. The molecule has 2 aromatic rings. The van der Waals surface area contributed by atoms with Crippen LogP contribution >= 0.6 is 0 Å². The van der Waals surface area contributed by atoms with Crippen LogP contribution in [0.2, 0.25) is 0 Å². The van der Waals surface area contributed by atoms with Crippen LogP contribution < -0.4 is 0 Å². The highest BCUT2D eigenvalue weighted by Crippen LogP contribution is 2.59. The summed E-state index contributed by atoms with van der Waals surface area (Å²) in [7, 11) is -3.28. The second-order valence-electron chi connectivity index (χ2n) is 7.89. The van der Waals surface area contributed by atoms with E-state index in [2.05, 4.69) is 4.98 Å². The normalized spacial score (nSPS) is 19.1. The van der Waals surface area contributed by atoms with Crippen LogP contribution in [-0.4, -0.2) is 19.7 Å². The zero-order chi connectivity index (χ0) is 20.2. The SMILES string of the molecule is CS(=O)(=O)c1ccc(C2=C(c3ccc(C(F)(F)F)nc3)CC3(CCC3)C2)cc1. The Morgan fingerprint density at radius 1 is 0.929 bits per heavy atom. The van der Waals surface area contributed by atoms with Gasteiger partial charge in [0.15, 0.2) is 9.84 Å². The van der Waals surface area contributed by atoms with E-state index < -0.39 is 21.7 Å². The lowest BCUT2D eigenvalue weighted by Crippen LogP contribution is -2.26. The standard InChI is InChI=1S/C21H20F3NO2S/c1-28(26,27)16-6-3-14(4-7-16)17-11-20(9-2-10-20)12-18(17)15-5-8-19(25-13-15)21(22,23)24/h3-8,13H,2,9-12H2,1H3. The van der Waals surface area contributed by atoms with Crippen LogP contribution in [0.3, 0.4) is 0 Å². The minimum absolute atomic E-state index is 0.183. The van der Waals surface area contributed by atoms with Crippen molar-refractivity contribution in [3.05, 3.63) is 59.4 Å². The van der Waals surface area contributed by atoms with Gasteiger partial charge in [0, 0.05) is 12.5 Å². The fourth-order valence-electron chi connectivity index (χ4n) is 4.25. The van der Waals surface area contributed by atoms with Gasteiger partial charge >= 0.3 is 6.18 Å². The van der Waals surface area contributed by atoms with Crippen LogP contribution in [-0.2, 0) is 16.0 Å². The van der Waals surface area contributed by atoms with Crippen LogP contribution in [0, 0.1) is 5.41 Å². The summed E-state index contributed by atoms with van der Waals surface area (Å²) >= 11 is 0. The molecular weight excluding hydrogens is 387 g/mol. The largest absolute Gasteiger partial charge is 0.433 e. The average Bonchev–Trinajstić information content (AvgIpc) is 3.02. The van der Waals surface area contributed by atoms with Gasteiger partial charge in [0.05, 0.1) is 4.90 Å². The maximum atomic E-state index is 12.8. The van der Waals surface area contributed by atoms with Gasteiger partial charge in [-0.1, -0.05) is 24.6 Å². The van der Waals surface area contributed by atoms with Crippen molar-refractivity contribution in [2.45, 2.75) is 43.2 Å². The van der Waals surface area contributed by atoms with Crippen molar-refractivity contribution in [2.24, 2.45) is 5.41 Å². The molecule has 1 saturated carbocycles. The van der Waals surface area contributed by atoms with Gasteiger partial charge in [-0.15, -0.1) is 0 Å². The van der Waals surface area contributed by atoms with E-state index in [1.165, 1.54) is 24.9 Å². The van der Waals surface area contributed by atoms with E-state index >= 15 is 0 Å². The minimum atomic E-state index is -4.46. The van der Waals surface area contributed by atoms with Crippen molar-refractivity contribution in [2.75, 3.05) is 6.26 Å². The molecule has 1 aromatic carbocycles. The van der Waals surface area contributed by atoms with Gasteiger partial charge in [-0.2, -0.15) is 13.2 Å². The van der Waals surface area contributed by atoms with Gasteiger partial charge in [-0.05, 0) is 71.6 Å². The summed E-state index contributed by atoms with van der Waals surface area (Å²) in [6, 6.07) is 9.28. The zero-order valence-corrected chi connectivity index (χ0v) is 16.2. The number of rotatable bonds is 3. The van der Waals surface area contributed by atoms with E-state index in [1.807, 2.05) is 0 Å². The number of aromatic nitrogens is 1. The van der Waals surface area contributed by atoms with Crippen LogP contribution in [0.1, 0.15) is 48.9 Å². The van der Waals surface area contributed by atoms with Gasteiger partial charge in [-0.25, -0.2) is 8.42 Å². The van der Waals surface area contributed by atoms with E-state index in [0.29, 0.717) is 5.56 Å². The lowest BCUT2D eigenvalue weighted by Gasteiger charge is -2.39. The number of halogens is 3. The molecule has 148 valence electrons. The van der Waals surface area contributed by atoms with Crippen molar-refractivity contribution in [3.63, 3.8) is 0 Å². The molecule has 0 N–H and O–H groups in total. The maximum absolute atomic E-state index is 12.8. The molecule has 0 unspecified atom stereocenters.